The Bertz CT molecular complexity index is 1020. The number of carbonyl (C=O) groups is 1. The molecule has 1 amide bonds. The zero-order valence-electron chi connectivity index (χ0n) is 20.2. The van der Waals surface area contributed by atoms with Crippen molar-refractivity contribution in [2.75, 3.05) is 31.1 Å². The average molecular weight is 518 g/mol. The second-order valence-corrected chi connectivity index (χ2v) is 10.7. The van der Waals surface area contributed by atoms with E-state index in [1.54, 1.807) is 43.6 Å². The van der Waals surface area contributed by atoms with Gasteiger partial charge in [0.1, 0.15) is 0 Å². The smallest absolute Gasteiger partial charge is 0.389 e. The molecule has 0 unspecified atom stereocenters. The summed E-state index contributed by atoms with van der Waals surface area (Å²) in [5.41, 5.74) is -2.20. The molecule has 2 heterocycles. The van der Waals surface area contributed by atoms with Crippen molar-refractivity contribution in [2.45, 2.75) is 63.8 Å². The van der Waals surface area contributed by atoms with Gasteiger partial charge < -0.3 is 24.5 Å². The van der Waals surface area contributed by atoms with Gasteiger partial charge in [-0.15, -0.1) is 0 Å². The van der Waals surface area contributed by atoms with E-state index >= 15 is 0 Å². The highest BCUT2D eigenvalue weighted by Gasteiger charge is 2.34. The van der Waals surface area contributed by atoms with E-state index in [1.165, 1.54) is 0 Å². The van der Waals surface area contributed by atoms with Gasteiger partial charge >= 0.3 is 6.18 Å². The lowest BCUT2D eigenvalue weighted by Gasteiger charge is -2.32. The van der Waals surface area contributed by atoms with E-state index in [0.717, 1.165) is 18.2 Å². The number of carbonyl (C=O) groups excluding carboxylic acids is 1. The van der Waals surface area contributed by atoms with Crippen molar-refractivity contribution in [1.29, 1.82) is 0 Å². The molecule has 0 aliphatic carbocycles. The lowest BCUT2D eigenvalue weighted by molar-refractivity contribution is -0.137. The van der Waals surface area contributed by atoms with E-state index in [9.17, 15) is 28.2 Å². The third-order valence-electron chi connectivity index (χ3n) is 5.71. The second-order valence-electron chi connectivity index (χ2n) is 10.3. The molecule has 11 heteroatoms. The summed E-state index contributed by atoms with van der Waals surface area (Å²) in [6.07, 6.45) is -3.38. The Hall–Kier alpha value is -2.30. The lowest BCUT2D eigenvalue weighted by Crippen LogP contribution is -2.45. The summed E-state index contributed by atoms with van der Waals surface area (Å²) in [6, 6.07) is 4.82. The SMILES string of the molecule is CC(C)(O)CN(CC(C)(C)O)c1cc(C2CCN(C(=O)c3ccc(C(F)(F)F)c(Cl)c3)CC2)no1. The Kier molecular flexibility index (Phi) is 7.79. The first-order chi connectivity index (χ1) is 16.0. The van der Waals surface area contributed by atoms with Gasteiger partial charge in [-0.05, 0) is 58.7 Å². The molecule has 0 radical (unpaired) electrons. The predicted molar refractivity (Wildman–Crippen MR) is 126 cm³/mol. The number of aliphatic hydroxyl groups is 2. The first-order valence-corrected chi connectivity index (χ1v) is 11.7. The number of alkyl halides is 3. The summed E-state index contributed by atoms with van der Waals surface area (Å²) in [5.74, 6) is 0.0856. The Morgan fingerprint density at radius 3 is 2.17 bits per heavy atom. The third-order valence-corrected chi connectivity index (χ3v) is 6.02. The number of aromatic nitrogens is 1. The van der Waals surface area contributed by atoms with Gasteiger partial charge in [0.15, 0.2) is 0 Å². The number of rotatable bonds is 7. The zero-order chi connectivity index (χ0) is 26.2. The molecule has 0 bridgehead atoms. The molecule has 1 aromatic carbocycles. The number of amides is 1. The molecule has 1 aromatic heterocycles. The molecule has 3 rings (SSSR count). The maximum Gasteiger partial charge on any atom is 0.417 e. The zero-order valence-corrected chi connectivity index (χ0v) is 20.9. The van der Waals surface area contributed by atoms with Crippen LogP contribution in [0.5, 0.6) is 0 Å². The molecule has 1 aliphatic heterocycles. The van der Waals surface area contributed by atoms with Crippen LogP contribution in [0.2, 0.25) is 5.02 Å². The van der Waals surface area contributed by atoms with E-state index in [2.05, 4.69) is 5.16 Å². The first kappa shape index (κ1) is 27.3. The number of anilines is 1. The summed E-state index contributed by atoms with van der Waals surface area (Å²) >= 11 is 5.76. The highest BCUT2D eigenvalue weighted by molar-refractivity contribution is 6.31. The van der Waals surface area contributed by atoms with E-state index in [-0.39, 0.29) is 30.5 Å². The quantitative estimate of drug-likeness (QED) is 0.552. The molecular formula is C24H31ClF3N3O4. The van der Waals surface area contributed by atoms with Gasteiger partial charge in [0.05, 0.1) is 27.5 Å². The highest BCUT2D eigenvalue weighted by atomic mass is 35.5. The molecule has 1 aliphatic rings. The van der Waals surface area contributed by atoms with Crippen LogP contribution in [0.15, 0.2) is 28.8 Å². The Morgan fingerprint density at radius 1 is 1.11 bits per heavy atom. The van der Waals surface area contributed by atoms with E-state index in [0.29, 0.717) is 37.5 Å². The maximum atomic E-state index is 12.9. The van der Waals surface area contributed by atoms with Crippen molar-refractivity contribution in [2.24, 2.45) is 0 Å². The first-order valence-electron chi connectivity index (χ1n) is 11.4. The van der Waals surface area contributed by atoms with Crippen molar-refractivity contribution in [3.8, 4) is 0 Å². The molecule has 7 nitrogen and oxygen atoms in total. The number of benzene rings is 1. The number of piperidine rings is 1. The molecule has 0 spiro atoms. The van der Waals surface area contributed by atoms with Gasteiger partial charge in [-0.1, -0.05) is 16.8 Å². The van der Waals surface area contributed by atoms with Crippen molar-refractivity contribution in [1.82, 2.24) is 10.1 Å². The van der Waals surface area contributed by atoms with Crippen molar-refractivity contribution < 1.29 is 32.7 Å². The highest BCUT2D eigenvalue weighted by Crippen LogP contribution is 2.36. The second kappa shape index (κ2) is 9.99. The minimum absolute atomic E-state index is 0.0267. The minimum atomic E-state index is -4.58. The van der Waals surface area contributed by atoms with Crippen LogP contribution < -0.4 is 4.90 Å². The van der Waals surface area contributed by atoms with Gasteiger partial charge in [0.25, 0.3) is 5.91 Å². The van der Waals surface area contributed by atoms with E-state index in [1.807, 2.05) is 0 Å². The fourth-order valence-corrected chi connectivity index (χ4v) is 4.49. The van der Waals surface area contributed by atoms with Gasteiger partial charge in [0.2, 0.25) is 5.88 Å². The molecule has 1 fully saturated rings. The van der Waals surface area contributed by atoms with Gasteiger partial charge in [-0.2, -0.15) is 13.2 Å². The van der Waals surface area contributed by atoms with Crippen LogP contribution in [0.3, 0.4) is 0 Å². The summed E-state index contributed by atoms with van der Waals surface area (Å²) < 4.78 is 44.3. The monoisotopic (exact) mass is 517 g/mol. The standard InChI is InChI=1S/C24H31ClF3N3O4/c1-22(2,33)13-31(14-23(3,4)34)20-12-19(29-35-20)15-7-9-30(10-8-15)21(32)16-5-6-17(18(25)11-16)24(26,27)28/h5-6,11-12,15,33-34H,7-10,13-14H2,1-4H3. The van der Waals surface area contributed by atoms with Crippen LogP contribution in [0.4, 0.5) is 19.1 Å². The van der Waals surface area contributed by atoms with Gasteiger partial charge in [-0.25, -0.2) is 0 Å². The predicted octanol–water partition coefficient (Wildman–Crippen LogP) is 4.71. The summed E-state index contributed by atoms with van der Waals surface area (Å²) in [5, 5.41) is 24.2. The van der Waals surface area contributed by atoms with Crippen molar-refractivity contribution in [3.63, 3.8) is 0 Å². The lowest BCUT2D eigenvalue weighted by atomic mass is 9.93. The van der Waals surface area contributed by atoms with Crippen LogP contribution in [0.25, 0.3) is 0 Å². The fourth-order valence-electron chi connectivity index (χ4n) is 4.20. The number of hydrogen-bond donors (Lipinski definition) is 2. The van der Waals surface area contributed by atoms with Crippen molar-refractivity contribution in [3.05, 3.63) is 46.1 Å². The van der Waals surface area contributed by atoms with E-state index < -0.39 is 28.0 Å². The Balaban J connectivity index is 1.66. The minimum Gasteiger partial charge on any atom is -0.389 e. The maximum absolute atomic E-state index is 12.9. The van der Waals surface area contributed by atoms with Crippen LogP contribution in [0, 0.1) is 0 Å². The van der Waals surface area contributed by atoms with Crippen LogP contribution in [0.1, 0.15) is 68.1 Å². The Labute approximate surface area is 207 Å². The van der Waals surface area contributed by atoms with Crippen LogP contribution >= 0.6 is 11.6 Å². The molecule has 0 saturated carbocycles. The van der Waals surface area contributed by atoms with Crippen molar-refractivity contribution >= 4 is 23.4 Å². The molecule has 2 aromatic rings. The summed E-state index contributed by atoms with van der Waals surface area (Å²) in [6.45, 7) is 7.93. The average Bonchev–Trinajstić information content (AvgIpc) is 3.20. The number of hydrogen-bond acceptors (Lipinski definition) is 6. The summed E-state index contributed by atoms with van der Waals surface area (Å²) in [7, 11) is 0. The molecule has 0 atom stereocenters. The molecule has 2 N–H and O–H groups in total. The topological polar surface area (TPSA) is 90.0 Å². The van der Waals surface area contributed by atoms with E-state index in [4.69, 9.17) is 16.1 Å². The fraction of sp³-hybridized carbons (Fsp3) is 0.583. The molecule has 1 saturated heterocycles. The van der Waals surface area contributed by atoms with Crippen LogP contribution in [-0.4, -0.2) is 63.6 Å². The number of likely N-dealkylation sites (tertiary alicyclic amines) is 1. The number of halogens is 4. The molecule has 35 heavy (non-hydrogen) atoms. The largest absolute Gasteiger partial charge is 0.417 e. The Morgan fingerprint density at radius 2 is 1.69 bits per heavy atom. The number of nitrogens with zero attached hydrogens (tertiary/aromatic N) is 3. The summed E-state index contributed by atoms with van der Waals surface area (Å²) in [4.78, 5) is 16.1. The van der Waals surface area contributed by atoms with Gasteiger partial charge in [-0.3, -0.25) is 4.79 Å². The molecule has 194 valence electrons. The molecular weight excluding hydrogens is 487 g/mol. The third kappa shape index (κ3) is 7.35. The van der Waals surface area contributed by atoms with Gasteiger partial charge in [0, 0.05) is 43.7 Å². The normalized spacial score (nSPS) is 16.0. The van der Waals surface area contributed by atoms with Crippen LogP contribution in [-0.2, 0) is 6.18 Å².